The number of likely N-dealkylation sites (tertiary alicyclic amines) is 1. The Morgan fingerprint density at radius 2 is 2.03 bits per heavy atom. The standard InChI is InChI=1S/C22H26N8O2/c23-18-15-12-22(32-20(15)29-21(24)28-18)7-3-10-30(11-8-22)17(31)6-9-25-19-14-4-1-2-5-16(14)26-13-27-19/h1-2,4-5,13H,3,6-12H2,(H,25,26,27)(H4,23,24,28,29)/t22-/m0/s1. The Hall–Kier alpha value is -3.69. The minimum Gasteiger partial charge on any atom is -0.470 e. The summed E-state index contributed by atoms with van der Waals surface area (Å²) in [6, 6.07) is 7.80. The first-order valence-electron chi connectivity index (χ1n) is 10.9. The van der Waals surface area contributed by atoms with Gasteiger partial charge in [0.2, 0.25) is 17.7 Å². The van der Waals surface area contributed by atoms with Crippen LogP contribution in [0.2, 0.25) is 0 Å². The lowest BCUT2D eigenvalue weighted by molar-refractivity contribution is -0.131. The number of nitrogens with one attached hydrogen (secondary N) is 1. The first-order chi connectivity index (χ1) is 15.5. The van der Waals surface area contributed by atoms with Gasteiger partial charge in [0.1, 0.15) is 23.6 Å². The summed E-state index contributed by atoms with van der Waals surface area (Å²) >= 11 is 0. The fraction of sp³-hybridized carbons (Fsp3) is 0.409. The van der Waals surface area contributed by atoms with Crippen LogP contribution in [0.25, 0.3) is 10.9 Å². The van der Waals surface area contributed by atoms with Gasteiger partial charge in [-0.3, -0.25) is 4.79 Å². The van der Waals surface area contributed by atoms with Gasteiger partial charge in [-0.05, 0) is 25.0 Å². The van der Waals surface area contributed by atoms with Crippen molar-refractivity contribution in [2.24, 2.45) is 0 Å². The van der Waals surface area contributed by atoms with Crippen molar-refractivity contribution in [1.29, 1.82) is 0 Å². The molecule has 0 aliphatic carbocycles. The van der Waals surface area contributed by atoms with Gasteiger partial charge in [0, 0.05) is 44.3 Å². The highest BCUT2D eigenvalue weighted by Gasteiger charge is 2.43. The molecule has 2 aliphatic heterocycles. The molecule has 5 N–H and O–H groups in total. The molecular formula is C22H26N8O2. The maximum absolute atomic E-state index is 12.9. The lowest BCUT2D eigenvalue weighted by Crippen LogP contribution is -2.37. The van der Waals surface area contributed by atoms with Crippen LogP contribution in [0, 0.1) is 0 Å². The number of carbonyl (C=O) groups excluding carboxylic acids is 1. The molecule has 0 radical (unpaired) electrons. The van der Waals surface area contributed by atoms with Crippen molar-refractivity contribution in [2.75, 3.05) is 36.4 Å². The number of carbonyl (C=O) groups is 1. The van der Waals surface area contributed by atoms with Gasteiger partial charge in [0.05, 0.1) is 11.1 Å². The van der Waals surface area contributed by atoms with Crippen molar-refractivity contribution in [3.8, 4) is 5.88 Å². The van der Waals surface area contributed by atoms with Crippen LogP contribution in [-0.2, 0) is 11.2 Å². The molecule has 1 aromatic carbocycles. The molecular weight excluding hydrogens is 408 g/mol. The number of hydrogen-bond acceptors (Lipinski definition) is 9. The van der Waals surface area contributed by atoms with E-state index < -0.39 is 5.60 Å². The number of rotatable bonds is 4. The number of aromatic nitrogens is 4. The molecule has 1 fully saturated rings. The molecule has 1 atom stereocenters. The highest BCUT2D eigenvalue weighted by atomic mass is 16.5. The van der Waals surface area contributed by atoms with Crippen LogP contribution in [0.15, 0.2) is 30.6 Å². The minimum absolute atomic E-state index is 0.118. The summed E-state index contributed by atoms with van der Waals surface area (Å²) in [5, 5.41) is 4.23. The van der Waals surface area contributed by atoms with Gasteiger partial charge in [-0.15, -0.1) is 0 Å². The average Bonchev–Trinajstić information content (AvgIpc) is 3.01. The summed E-state index contributed by atoms with van der Waals surface area (Å²) in [6.07, 6.45) is 4.98. The topological polar surface area (TPSA) is 145 Å². The molecule has 1 spiro atoms. The largest absolute Gasteiger partial charge is 0.470 e. The number of anilines is 3. The first kappa shape index (κ1) is 20.2. The van der Waals surface area contributed by atoms with Crippen LogP contribution in [0.1, 0.15) is 31.2 Å². The highest BCUT2D eigenvalue weighted by molar-refractivity contribution is 5.88. The number of amides is 1. The number of ether oxygens (including phenoxy) is 1. The summed E-state index contributed by atoms with van der Waals surface area (Å²) < 4.78 is 6.21. The van der Waals surface area contributed by atoms with Gasteiger partial charge in [0.15, 0.2) is 0 Å². The number of nitrogens with two attached hydrogens (primary N) is 2. The summed E-state index contributed by atoms with van der Waals surface area (Å²) in [4.78, 5) is 31.6. The van der Waals surface area contributed by atoms with Crippen LogP contribution in [0.4, 0.5) is 17.6 Å². The Morgan fingerprint density at radius 1 is 1.16 bits per heavy atom. The summed E-state index contributed by atoms with van der Waals surface area (Å²) in [5.41, 5.74) is 13.0. The molecule has 5 rings (SSSR count). The molecule has 0 saturated carbocycles. The Morgan fingerprint density at radius 3 is 2.94 bits per heavy atom. The third-order valence-electron chi connectivity index (χ3n) is 6.26. The van der Waals surface area contributed by atoms with Crippen LogP contribution in [-0.4, -0.2) is 56.0 Å². The molecule has 1 saturated heterocycles. The molecule has 10 nitrogen and oxygen atoms in total. The van der Waals surface area contributed by atoms with Crippen LogP contribution < -0.4 is 21.5 Å². The van der Waals surface area contributed by atoms with Crippen LogP contribution in [0.5, 0.6) is 5.88 Å². The molecule has 1 amide bonds. The Balaban J connectivity index is 1.18. The van der Waals surface area contributed by atoms with Crippen LogP contribution >= 0.6 is 0 Å². The second-order valence-corrected chi connectivity index (χ2v) is 8.36. The lowest BCUT2D eigenvalue weighted by Gasteiger charge is -2.27. The van der Waals surface area contributed by atoms with E-state index in [1.165, 1.54) is 6.33 Å². The Kier molecular flexibility index (Phi) is 5.12. The monoisotopic (exact) mass is 434 g/mol. The van der Waals surface area contributed by atoms with Crippen molar-refractivity contribution in [3.05, 3.63) is 36.2 Å². The molecule has 2 aromatic heterocycles. The second-order valence-electron chi connectivity index (χ2n) is 8.36. The number of nitrogens with zero attached hydrogens (tertiary/aromatic N) is 5. The third kappa shape index (κ3) is 3.83. The number of benzene rings is 1. The maximum Gasteiger partial charge on any atom is 0.225 e. The Bertz CT molecular complexity index is 1160. The SMILES string of the molecule is Nc1nc(N)c2c(n1)O[C@]1(CCCN(C(=O)CCNc3ncnc4ccccc34)CC1)C2. The Labute approximate surface area is 185 Å². The second kappa shape index (κ2) is 8.10. The summed E-state index contributed by atoms with van der Waals surface area (Å²) in [7, 11) is 0. The molecule has 4 heterocycles. The van der Waals surface area contributed by atoms with E-state index in [9.17, 15) is 4.79 Å². The van der Waals surface area contributed by atoms with E-state index in [2.05, 4.69) is 25.3 Å². The molecule has 0 unspecified atom stereocenters. The van der Waals surface area contributed by atoms with Gasteiger partial charge < -0.3 is 26.4 Å². The van der Waals surface area contributed by atoms with Crippen LogP contribution in [0.3, 0.4) is 0 Å². The lowest BCUT2D eigenvalue weighted by atomic mass is 9.90. The number of para-hydroxylation sites is 1. The number of fused-ring (bicyclic) bond motifs is 2. The predicted molar refractivity (Wildman–Crippen MR) is 121 cm³/mol. The maximum atomic E-state index is 12.9. The van der Waals surface area contributed by atoms with E-state index >= 15 is 0 Å². The van der Waals surface area contributed by atoms with Crippen molar-refractivity contribution in [3.63, 3.8) is 0 Å². The molecule has 3 aromatic rings. The van der Waals surface area contributed by atoms with Gasteiger partial charge in [-0.2, -0.15) is 9.97 Å². The van der Waals surface area contributed by atoms with Gasteiger partial charge >= 0.3 is 0 Å². The van der Waals surface area contributed by atoms with E-state index in [1.54, 1.807) is 0 Å². The van der Waals surface area contributed by atoms with E-state index in [0.717, 1.165) is 41.5 Å². The van der Waals surface area contributed by atoms with E-state index in [-0.39, 0.29) is 11.9 Å². The third-order valence-corrected chi connectivity index (χ3v) is 6.26. The number of nitrogen functional groups attached to an aromatic ring is 2. The number of hydrogen-bond donors (Lipinski definition) is 3. The first-order valence-corrected chi connectivity index (χ1v) is 10.9. The average molecular weight is 435 g/mol. The van der Waals surface area contributed by atoms with Gasteiger partial charge in [-0.25, -0.2) is 9.97 Å². The van der Waals surface area contributed by atoms with E-state index in [1.807, 2.05) is 29.2 Å². The van der Waals surface area contributed by atoms with Crippen molar-refractivity contribution >= 4 is 34.4 Å². The van der Waals surface area contributed by atoms with Crippen molar-refractivity contribution in [1.82, 2.24) is 24.8 Å². The van der Waals surface area contributed by atoms with Gasteiger partial charge in [-0.1, -0.05) is 12.1 Å². The summed E-state index contributed by atoms with van der Waals surface area (Å²) in [6.45, 7) is 1.85. The molecule has 0 bridgehead atoms. The fourth-order valence-electron chi connectivity index (χ4n) is 4.60. The zero-order valence-electron chi connectivity index (χ0n) is 17.8. The smallest absolute Gasteiger partial charge is 0.225 e. The molecule has 10 heteroatoms. The zero-order chi connectivity index (χ0) is 22.1. The molecule has 32 heavy (non-hydrogen) atoms. The van der Waals surface area contributed by atoms with E-state index in [4.69, 9.17) is 16.2 Å². The van der Waals surface area contributed by atoms with E-state index in [0.29, 0.717) is 44.2 Å². The predicted octanol–water partition coefficient (Wildman–Crippen LogP) is 1.77. The molecule has 2 aliphatic rings. The molecule has 166 valence electrons. The van der Waals surface area contributed by atoms with Crippen molar-refractivity contribution in [2.45, 2.75) is 37.7 Å². The zero-order valence-corrected chi connectivity index (χ0v) is 17.8. The fourth-order valence-corrected chi connectivity index (χ4v) is 4.60. The minimum atomic E-state index is -0.397. The quantitative estimate of drug-likeness (QED) is 0.559. The summed E-state index contributed by atoms with van der Waals surface area (Å²) in [5.74, 6) is 1.84. The highest BCUT2D eigenvalue weighted by Crippen LogP contribution is 2.42. The normalized spacial score (nSPS) is 20.1. The van der Waals surface area contributed by atoms with Gasteiger partial charge in [0.25, 0.3) is 0 Å². The van der Waals surface area contributed by atoms with Crippen molar-refractivity contribution < 1.29 is 9.53 Å².